The van der Waals surface area contributed by atoms with Gasteiger partial charge >= 0.3 is 0 Å². The highest BCUT2D eigenvalue weighted by Crippen LogP contribution is 2.21. The second kappa shape index (κ2) is 6.08. The van der Waals surface area contributed by atoms with E-state index in [2.05, 4.69) is 15.6 Å². The summed E-state index contributed by atoms with van der Waals surface area (Å²) >= 11 is 1.39. The van der Waals surface area contributed by atoms with Gasteiger partial charge in [0.25, 0.3) is 5.91 Å². The van der Waals surface area contributed by atoms with Gasteiger partial charge in [0.15, 0.2) is 5.17 Å². The first-order chi connectivity index (χ1) is 9.11. The molecule has 0 radical (unpaired) electrons. The number of thioether (sulfide) groups is 1. The van der Waals surface area contributed by atoms with Crippen molar-refractivity contribution in [2.45, 2.75) is 19.2 Å². The van der Waals surface area contributed by atoms with Crippen LogP contribution in [0.4, 0.5) is 5.69 Å². The molecule has 0 bridgehead atoms. The average Bonchev–Trinajstić information content (AvgIpc) is 2.75. The number of hydrogen-bond acceptors (Lipinski definition) is 5. The van der Waals surface area contributed by atoms with E-state index in [1.807, 2.05) is 32.0 Å². The van der Waals surface area contributed by atoms with E-state index in [1.165, 1.54) is 11.8 Å². The van der Waals surface area contributed by atoms with Crippen molar-refractivity contribution in [3.63, 3.8) is 0 Å². The summed E-state index contributed by atoms with van der Waals surface area (Å²) < 4.78 is 0. The molecular formula is C13H18N4OS. The second-order valence-electron chi connectivity index (χ2n) is 4.28. The van der Waals surface area contributed by atoms with Crippen molar-refractivity contribution in [1.82, 2.24) is 5.32 Å². The van der Waals surface area contributed by atoms with Gasteiger partial charge in [-0.15, -0.1) is 0 Å². The third-order valence-electron chi connectivity index (χ3n) is 2.77. The van der Waals surface area contributed by atoms with E-state index in [0.717, 1.165) is 17.8 Å². The van der Waals surface area contributed by atoms with Gasteiger partial charge < -0.3 is 16.4 Å². The molecule has 5 nitrogen and oxygen atoms in total. The van der Waals surface area contributed by atoms with E-state index >= 15 is 0 Å². The molecule has 1 heterocycles. The van der Waals surface area contributed by atoms with Gasteiger partial charge in [0.1, 0.15) is 0 Å². The number of amides is 1. The lowest BCUT2D eigenvalue weighted by atomic mass is 10.1. The number of rotatable bonds is 3. The van der Waals surface area contributed by atoms with E-state index in [-0.39, 0.29) is 11.3 Å². The minimum Gasteiger partial charge on any atom is -0.385 e. The Balaban J connectivity index is 2.18. The number of anilines is 1. The monoisotopic (exact) mass is 278 g/mol. The summed E-state index contributed by atoms with van der Waals surface area (Å²) in [5.74, 6) is -0.144. The Kier molecular flexibility index (Phi) is 4.44. The Bertz CT molecular complexity index is 515. The van der Waals surface area contributed by atoms with Crippen LogP contribution >= 0.6 is 11.8 Å². The van der Waals surface area contributed by atoms with Gasteiger partial charge in [0.2, 0.25) is 0 Å². The molecule has 0 saturated carbocycles. The van der Waals surface area contributed by atoms with Crippen LogP contribution < -0.4 is 16.4 Å². The fraction of sp³-hybridized carbons (Fsp3) is 0.385. The quantitative estimate of drug-likeness (QED) is 0.783. The van der Waals surface area contributed by atoms with Crippen LogP contribution in [0, 0.1) is 6.92 Å². The maximum absolute atomic E-state index is 12.3. The minimum atomic E-state index is -0.144. The van der Waals surface area contributed by atoms with Crippen molar-refractivity contribution in [3.8, 4) is 0 Å². The van der Waals surface area contributed by atoms with Crippen LogP contribution in [0.1, 0.15) is 22.8 Å². The Morgan fingerprint density at radius 2 is 2.37 bits per heavy atom. The summed E-state index contributed by atoms with van der Waals surface area (Å²) in [7, 11) is 0. The SMILES string of the molecule is CCNc1cccc(C)c1C(=O)NC1=NCC(N)S1. The van der Waals surface area contributed by atoms with Crippen LogP contribution in [0.3, 0.4) is 0 Å². The first-order valence-corrected chi connectivity index (χ1v) is 7.11. The molecule has 0 fully saturated rings. The number of nitrogens with zero attached hydrogens (tertiary/aromatic N) is 1. The van der Waals surface area contributed by atoms with Gasteiger partial charge in [0.05, 0.1) is 17.5 Å². The summed E-state index contributed by atoms with van der Waals surface area (Å²) in [5, 5.41) is 6.56. The van der Waals surface area contributed by atoms with Gasteiger partial charge in [0, 0.05) is 12.2 Å². The number of benzene rings is 1. The van der Waals surface area contributed by atoms with E-state index in [4.69, 9.17) is 5.73 Å². The summed E-state index contributed by atoms with van der Waals surface area (Å²) in [5.41, 5.74) is 8.17. The third kappa shape index (κ3) is 3.27. The Morgan fingerprint density at radius 1 is 1.58 bits per heavy atom. The predicted molar refractivity (Wildman–Crippen MR) is 80.7 cm³/mol. The number of amidine groups is 1. The van der Waals surface area contributed by atoms with Gasteiger partial charge in [-0.05, 0) is 25.5 Å². The zero-order chi connectivity index (χ0) is 13.8. The summed E-state index contributed by atoms with van der Waals surface area (Å²) in [6, 6.07) is 5.76. The summed E-state index contributed by atoms with van der Waals surface area (Å²) in [6.45, 7) is 5.24. The van der Waals surface area contributed by atoms with Crippen molar-refractivity contribution in [2.75, 3.05) is 18.4 Å². The number of hydrogen-bond donors (Lipinski definition) is 3. The van der Waals surface area contributed by atoms with Crippen LogP contribution in [0.5, 0.6) is 0 Å². The molecule has 2 rings (SSSR count). The second-order valence-corrected chi connectivity index (χ2v) is 5.51. The molecule has 1 aliphatic heterocycles. The molecule has 102 valence electrons. The highest BCUT2D eigenvalue weighted by Gasteiger charge is 2.20. The number of aliphatic imine (C=N–C) groups is 1. The van der Waals surface area contributed by atoms with Crippen LogP contribution in [0.2, 0.25) is 0 Å². The number of nitrogens with two attached hydrogens (primary N) is 1. The van der Waals surface area contributed by atoms with Crippen LogP contribution in [0.25, 0.3) is 0 Å². The first-order valence-electron chi connectivity index (χ1n) is 6.23. The van der Waals surface area contributed by atoms with E-state index in [1.54, 1.807) is 0 Å². The molecule has 1 aliphatic rings. The van der Waals surface area contributed by atoms with Crippen molar-refractivity contribution in [2.24, 2.45) is 10.7 Å². The zero-order valence-electron chi connectivity index (χ0n) is 11.1. The zero-order valence-corrected chi connectivity index (χ0v) is 11.9. The fourth-order valence-corrected chi connectivity index (χ4v) is 2.66. The largest absolute Gasteiger partial charge is 0.385 e. The number of carbonyl (C=O) groups is 1. The van der Waals surface area contributed by atoms with Crippen LogP contribution in [-0.4, -0.2) is 29.5 Å². The van der Waals surface area contributed by atoms with Crippen LogP contribution in [-0.2, 0) is 0 Å². The van der Waals surface area contributed by atoms with E-state index in [0.29, 0.717) is 17.3 Å². The molecule has 6 heteroatoms. The van der Waals surface area contributed by atoms with Crippen molar-refractivity contribution >= 4 is 28.5 Å². The molecule has 0 spiro atoms. The summed E-state index contributed by atoms with van der Waals surface area (Å²) in [4.78, 5) is 16.5. The number of nitrogens with one attached hydrogen (secondary N) is 2. The van der Waals surface area contributed by atoms with Gasteiger partial charge in [-0.25, -0.2) is 0 Å². The highest BCUT2D eigenvalue weighted by atomic mass is 32.2. The predicted octanol–water partition coefficient (Wildman–Crippen LogP) is 1.54. The van der Waals surface area contributed by atoms with E-state index < -0.39 is 0 Å². The normalized spacial score (nSPS) is 18.1. The molecule has 1 unspecified atom stereocenters. The lowest BCUT2D eigenvalue weighted by Gasteiger charge is -2.13. The maximum atomic E-state index is 12.3. The first kappa shape index (κ1) is 13.9. The van der Waals surface area contributed by atoms with Gasteiger partial charge in [-0.2, -0.15) is 0 Å². The molecule has 0 aromatic heterocycles. The standard InChI is InChI=1S/C13H18N4OS/c1-3-15-9-6-4-5-8(2)11(9)12(18)17-13-16-7-10(14)19-13/h4-6,10,15H,3,7,14H2,1-2H3,(H,16,17,18). The Labute approximate surface area is 117 Å². The fourth-order valence-electron chi connectivity index (χ4n) is 1.93. The number of aryl methyl sites for hydroxylation is 1. The average molecular weight is 278 g/mol. The molecule has 4 N–H and O–H groups in total. The maximum Gasteiger partial charge on any atom is 0.259 e. The Hall–Kier alpha value is -1.53. The molecule has 19 heavy (non-hydrogen) atoms. The van der Waals surface area contributed by atoms with E-state index in [9.17, 15) is 4.79 Å². The molecule has 1 aromatic rings. The molecular weight excluding hydrogens is 260 g/mol. The highest BCUT2D eigenvalue weighted by molar-refractivity contribution is 8.14. The Morgan fingerprint density at radius 3 is 3.00 bits per heavy atom. The van der Waals surface area contributed by atoms with Crippen molar-refractivity contribution in [1.29, 1.82) is 0 Å². The van der Waals surface area contributed by atoms with Gasteiger partial charge in [-0.3, -0.25) is 9.79 Å². The molecule has 1 aromatic carbocycles. The lowest BCUT2D eigenvalue weighted by Crippen LogP contribution is -2.29. The van der Waals surface area contributed by atoms with Crippen LogP contribution in [0.15, 0.2) is 23.2 Å². The minimum absolute atomic E-state index is 0.0552. The van der Waals surface area contributed by atoms with Gasteiger partial charge in [-0.1, -0.05) is 23.9 Å². The third-order valence-corrected chi connectivity index (χ3v) is 3.67. The molecule has 1 atom stereocenters. The smallest absolute Gasteiger partial charge is 0.259 e. The summed E-state index contributed by atoms with van der Waals surface area (Å²) in [6.07, 6.45) is 0. The number of carbonyl (C=O) groups excluding carboxylic acids is 1. The van der Waals surface area contributed by atoms with Crippen molar-refractivity contribution in [3.05, 3.63) is 29.3 Å². The molecule has 1 amide bonds. The molecule has 0 aliphatic carbocycles. The van der Waals surface area contributed by atoms with Crippen molar-refractivity contribution < 1.29 is 4.79 Å². The molecule has 0 saturated heterocycles. The topological polar surface area (TPSA) is 79.5 Å². The lowest BCUT2D eigenvalue weighted by molar-refractivity contribution is 0.0978.